The Morgan fingerprint density at radius 2 is 1.90 bits per heavy atom. The molecule has 0 bridgehead atoms. The van der Waals surface area contributed by atoms with Crippen molar-refractivity contribution in [2.45, 2.75) is 65.4 Å². The Hall–Kier alpha value is -1.51. The molecule has 118 valence electrons. The average Bonchev–Trinajstić information content (AvgIpc) is 2.50. The minimum absolute atomic E-state index is 0.136. The number of ether oxygens (including phenoxy) is 2. The standard InChI is InChI=1S/C18H28O3/c1-5-7-12-18(19)21-15(4)13-20-17-11-9-8-10-16(17)14(3)6-2/h8-11,14-15H,5-7,12-13H2,1-4H3/t14-,15-/m1/s1. The number of esters is 1. The molecular formula is C18H28O3. The van der Waals surface area contributed by atoms with Crippen LogP contribution in [0.4, 0.5) is 0 Å². The summed E-state index contributed by atoms with van der Waals surface area (Å²) in [4.78, 5) is 11.6. The summed E-state index contributed by atoms with van der Waals surface area (Å²) in [6.45, 7) is 8.68. The van der Waals surface area contributed by atoms with Crippen LogP contribution >= 0.6 is 0 Å². The molecule has 1 aromatic carbocycles. The smallest absolute Gasteiger partial charge is 0.306 e. The first-order valence-electron chi connectivity index (χ1n) is 7.99. The topological polar surface area (TPSA) is 35.5 Å². The molecule has 0 radical (unpaired) electrons. The molecule has 0 aliphatic carbocycles. The van der Waals surface area contributed by atoms with Crippen molar-refractivity contribution < 1.29 is 14.3 Å². The molecule has 21 heavy (non-hydrogen) atoms. The van der Waals surface area contributed by atoms with Crippen molar-refractivity contribution in [2.75, 3.05) is 6.61 Å². The molecule has 0 aliphatic heterocycles. The van der Waals surface area contributed by atoms with Gasteiger partial charge < -0.3 is 9.47 Å². The summed E-state index contributed by atoms with van der Waals surface area (Å²) in [6.07, 6.45) is 3.22. The molecule has 3 heteroatoms. The van der Waals surface area contributed by atoms with Gasteiger partial charge >= 0.3 is 5.97 Å². The Kier molecular flexibility index (Phi) is 7.88. The number of hydrogen-bond donors (Lipinski definition) is 0. The normalized spacial score (nSPS) is 13.5. The summed E-state index contributed by atoms with van der Waals surface area (Å²) in [5.41, 5.74) is 1.21. The fraction of sp³-hybridized carbons (Fsp3) is 0.611. The van der Waals surface area contributed by atoms with Gasteiger partial charge in [0.1, 0.15) is 18.5 Å². The van der Waals surface area contributed by atoms with Gasteiger partial charge in [-0.05, 0) is 37.3 Å². The van der Waals surface area contributed by atoms with Crippen molar-refractivity contribution in [2.24, 2.45) is 0 Å². The molecule has 0 unspecified atom stereocenters. The lowest BCUT2D eigenvalue weighted by atomic mass is 9.98. The maximum atomic E-state index is 11.6. The molecule has 0 saturated carbocycles. The van der Waals surface area contributed by atoms with Crippen molar-refractivity contribution in [1.82, 2.24) is 0 Å². The van der Waals surface area contributed by atoms with Crippen LogP contribution in [0.2, 0.25) is 0 Å². The number of para-hydroxylation sites is 1. The summed E-state index contributed by atoms with van der Waals surface area (Å²) in [7, 11) is 0. The van der Waals surface area contributed by atoms with Gasteiger partial charge in [-0.3, -0.25) is 4.79 Å². The Morgan fingerprint density at radius 3 is 2.57 bits per heavy atom. The fourth-order valence-electron chi connectivity index (χ4n) is 2.08. The predicted octanol–water partition coefficient (Wildman–Crippen LogP) is 4.70. The second kappa shape index (κ2) is 9.43. The van der Waals surface area contributed by atoms with E-state index in [-0.39, 0.29) is 12.1 Å². The highest BCUT2D eigenvalue weighted by atomic mass is 16.6. The van der Waals surface area contributed by atoms with Crippen LogP contribution < -0.4 is 4.74 Å². The number of hydrogen-bond acceptors (Lipinski definition) is 3. The zero-order valence-electron chi connectivity index (χ0n) is 13.7. The van der Waals surface area contributed by atoms with E-state index in [0.717, 1.165) is 25.0 Å². The molecule has 2 atom stereocenters. The van der Waals surface area contributed by atoms with E-state index in [4.69, 9.17) is 9.47 Å². The van der Waals surface area contributed by atoms with Crippen molar-refractivity contribution >= 4 is 5.97 Å². The first-order chi connectivity index (χ1) is 10.1. The molecule has 0 aromatic heterocycles. The summed E-state index contributed by atoms with van der Waals surface area (Å²) in [5, 5.41) is 0. The predicted molar refractivity (Wildman–Crippen MR) is 85.7 cm³/mol. The van der Waals surface area contributed by atoms with Gasteiger partial charge in [0.05, 0.1) is 0 Å². The van der Waals surface area contributed by atoms with Crippen molar-refractivity contribution in [3.63, 3.8) is 0 Å². The first-order valence-corrected chi connectivity index (χ1v) is 7.99. The van der Waals surface area contributed by atoms with Crippen LogP contribution in [0.25, 0.3) is 0 Å². The van der Waals surface area contributed by atoms with Gasteiger partial charge in [-0.25, -0.2) is 0 Å². The second-order valence-corrected chi connectivity index (χ2v) is 5.56. The lowest BCUT2D eigenvalue weighted by Crippen LogP contribution is -2.22. The average molecular weight is 292 g/mol. The quantitative estimate of drug-likeness (QED) is 0.619. The molecule has 0 aliphatic rings. The zero-order valence-corrected chi connectivity index (χ0v) is 13.7. The number of rotatable bonds is 9. The molecule has 0 saturated heterocycles. The third-order valence-electron chi connectivity index (χ3n) is 3.60. The van der Waals surface area contributed by atoms with Crippen LogP contribution in [0.5, 0.6) is 5.75 Å². The van der Waals surface area contributed by atoms with E-state index in [1.807, 2.05) is 25.1 Å². The van der Waals surface area contributed by atoms with Gasteiger partial charge in [0.2, 0.25) is 0 Å². The van der Waals surface area contributed by atoms with Crippen molar-refractivity contribution in [3.8, 4) is 5.75 Å². The minimum Gasteiger partial charge on any atom is -0.489 e. The fourth-order valence-corrected chi connectivity index (χ4v) is 2.08. The molecule has 0 spiro atoms. The number of unbranched alkanes of at least 4 members (excludes halogenated alkanes) is 1. The lowest BCUT2D eigenvalue weighted by Gasteiger charge is -2.18. The van der Waals surface area contributed by atoms with Crippen LogP contribution in [0, 0.1) is 0 Å². The molecule has 3 nitrogen and oxygen atoms in total. The van der Waals surface area contributed by atoms with Gasteiger partial charge in [-0.2, -0.15) is 0 Å². The van der Waals surface area contributed by atoms with E-state index in [9.17, 15) is 4.79 Å². The second-order valence-electron chi connectivity index (χ2n) is 5.56. The van der Waals surface area contributed by atoms with E-state index in [1.165, 1.54) is 5.56 Å². The third kappa shape index (κ3) is 6.19. The highest BCUT2D eigenvalue weighted by molar-refractivity contribution is 5.69. The van der Waals surface area contributed by atoms with Gasteiger partial charge in [0.15, 0.2) is 0 Å². The Morgan fingerprint density at radius 1 is 1.19 bits per heavy atom. The van der Waals surface area contributed by atoms with Crippen LogP contribution in [-0.2, 0) is 9.53 Å². The van der Waals surface area contributed by atoms with E-state index in [2.05, 4.69) is 26.8 Å². The SMILES string of the molecule is CCCCC(=O)O[C@H](C)COc1ccccc1[C@H](C)CC. The van der Waals surface area contributed by atoms with Crippen LogP contribution in [0.3, 0.4) is 0 Å². The number of benzene rings is 1. The molecule has 0 N–H and O–H groups in total. The first kappa shape index (κ1) is 17.5. The minimum atomic E-state index is -0.223. The highest BCUT2D eigenvalue weighted by Crippen LogP contribution is 2.28. The number of carbonyl (C=O) groups excluding carboxylic acids is 1. The Labute approximate surface area is 128 Å². The summed E-state index contributed by atoms with van der Waals surface area (Å²) in [6, 6.07) is 8.08. The number of carbonyl (C=O) groups is 1. The highest BCUT2D eigenvalue weighted by Gasteiger charge is 2.13. The van der Waals surface area contributed by atoms with Gasteiger partial charge in [0, 0.05) is 6.42 Å². The molecule has 0 heterocycles. The van der Waals surface area contributed by atoms with E-state index >= 15 is 0 Å². The maximum Gasteiger partial charge on any atom is 0.306 e. The van der Waals surface area contributed by atoms with Gasteiger partial charge in [-0.1, -0.05) is 45.4 Å². The van der Waals surface area contributed by atoms with Crippen LogP contribution in [-0.4, -0.2) is 18.7 Å². The molecule has 1 rings (SSSR count). The van der Waals surface area contributed by atoms with E-state index in [1.54, 1.807) is 0 Å². The third-order valence-corrected chi connectivity index (χ3v) is 3.60. The van der Waals surface area contributed by atoms with E-state index < -0.39 is 0 Å². The maximum absolute atomic E-state index is 11.6. The largest absolute Gasteiger partial charge is 0.489 e. The Balaban J connectivity index is 2.49. The summed E-state index contributed by atoms with van der Waals surface area (Å²) >= 11 is 0. The van der Waals surface area contributed by atoms with Gasteiger partial charge in [-0.15, -0.1) is 0 Å². The molecule has 0 fully saturated rings. The molecule has 1 aromatic rings. The van der Waals surface area contributed by atoms with Crippen LogP contribution in [0.15, 0.2) is 24.3 Å². The Bertz CT molecular complexity index is 428. The van der Waals surface area contributed by atoms with E-state index in [0.29, 0.717) is 18.9 Å². The zero-order chi connectivity index (χ0) is 15.7. The summed E-state index contributed by atoms with van der Waals surface area (Å²) < 4.78 is 11.2. The lowest BCUT2D eigenvalue weighted by molar-refractivity contribution is -0.149. The van der Waals surface area contributed by atoms with Crippen molar-refractivity contribution in [1.29, 1.82) is 0 Å². The van der Waals surface area contributed by atoms with Gasteiger partial charge in [0.25, 0.3) is 0 Å². The van der Waals surface area contributed by atoms with Crippen LogP contribution in [0.1, 0.15) is 64.9 Å². The molecular weight excluding hydrogens is 264 g/mol. The van der Waals surface area contributed by atoms with Crippen molar-refractivity contribution in [3.05, 3.63) is 29.8 Å². The monoisotopic (exact) mass is 292 g/mol. The summed E-state index contributed by atoms with van der Waals surface area (Å²) in [5.74, 6) is 1.22. The molecule has 0 amide bonds.